The molecule has 0 aromatic carbocycles. The van der Waals surface area contributed by atoms with Crippen molar-refractivity contribution in [2.45, 2.75) is 33.1 Å². The van der Waals surface area contributed by atoms with Crippen molar-refractivity contribution in [3.8, 4) is 0 Å². The van der Waals surface area contributed by atoms with Gasteiger partial charge in [0, 0.05) is 17.3 Å². The molecule has 0 spiro atoms. The van der Waals surface area contributed by atoms with Crippen LogP contribution in [0.5, 0.6) is 0 Å². The molecular formula is C15H20N4OS. The Labute approximate surface area is 128 Å². The minimum Gasteiger partial charge on any atom is -0.384 e. The van der Waals surface area contributed by atoms with Crippen molar-refractivity contribution in [3.63, 3.8) is 0 Å². The molecule has 1 amide bonds. The molecule has 2 heterocycles. The second-order valence-electron chi connectivity index (χ2n) is 5.70. The molecule has 0 fully saturated rings. The molecule has 0 saturated carbocycles. The number of aromatic nitrogens is 2. The predicted octanol–water partition coefficient (Wildman–Crippen LogP) is 3.52. The van der Waals surface area contributed by atoms with Gasteiger partial charge in [0.25, 0.3) is 5.91 Å². The first-order valence-electron chi connectivity index (χ1n) is 6.87. The average Bonchev–Trinajstić information content (AvgIpc) is 2.88. The average molecular weight is 304 g/mol. The van der Waals surface area contributed by atoms with Crippen LogP contribution in [-0.4, -0.2) is 22.4 Å². The fourth-order valence-corrected chi connectivity index (χ4v) is 2.61. The fourth-order valence-electron chi connectivity index (χ4n) is 1.67. The molecule has 0 atom stereocenters. The lowest BCUT2D eigenvalue weighted by Gasteiger charge is -2.14. The Morgan fingerprint density at radius 1 is 1.33 bits per heavy atom. The number of hydrogen-bond acceptors (Lipinski definition) is 5. The number of rotatable bonds is 4. The maximum atomic E-state index is 12.1. The summed E-state index contributed by atoms with van der Waals surface area (Å²) in [7, 11) is 0. The molecule has 2 aromatic rings. The first-order valence-corrected chi connectivity index (χ1v) is 7.75. The number of pyridine rings is 1. The summed E-state index contributed by atoms with van der Waals surface area (Å²) in [6, 6.07) is 3.54. The number of nitrogens with zero attached hydrogens (tertiary/aromatic N) is 2. The first kappa shape index (κ1) is 15.4. The van der Waals surface area contributed by atoms with E-state index in [0.717, 1.165) is 17.9 Å². The minimum atomic E-state index is -0.243. The van der Waals surface area contributed by atoms with E-state index in [9.17, 15) is 4.79 Å². The Morgan fingerprint density at radius 2 is 2.10 bits per heavy atom. The third-order valence-corrected chi connectivity index (χ3v) is 3.63. The SMILES string of the molecule is CCNc1ccc(C(=O)Nc2nc(C(C)(C)C)cs2)nc1. The summed E-state index contributed by atoms with van der Waals surface area (Å²) in [6.07, 6.45) is 1.65. The van der Waals surface area contributed by atoms with Gasteiger partial charge in [0.05, 0.1) is 17.6 Å². The van der Waals surface area contributed by atoms with E-state index in [-0.39, 0.29) is 11.3 Å². The van der Waals surface area contributed by atoms with Crippen LogP contribution in [-0.2, 0) is 5.41 Å². The summed E-state index contributed by atoms with van der Waals surface area (Å²) in [5, 5.41) is 8.50. The maximum Gasteiger partial charge on any atom is 0.276 e. The molecule has 21 heavy (non-hydrogen) atoms. The molecular weight excluding hydrogens is 284 g/mol. The zero-order valence-electron chi connectivity index (χ0n) is 12.7. The topological polar surface area (TPSA) is 66.9 Å². The van der Waals surface area contributed by atoms with Crippen molar-refractivity contribution in [3.05, 3.63) is 35.1 Å². The lowest BCUT2D eigenvalue weighted by molar-refractivity contribution is 0.102. The van der Waals surface area contributed by atoms with E-state index in [1.807, 2.05) is 18.4 Å². The van der Waals surface area contributed by atoms with Gasteiger partial charge in [-0.05, 0) is 19.1 Å². The summed E-state index contributed by atoms with van der Waals surface area (Å²) in [5.74, 6) is -0.243. The highest BCUT2D eigenvalue weighted by atomic mass is 32.1. The number of hydrogen-bond donors (Lipinski definition) is 2. The third kappa shape index (κ3) is 4.01. The van der Waals surface area contributed by atoms with Crippen LogP contribution in [0, 0.1) is 0 Å². The molecule has 2 rings (SSSR count). The fraction of sp³-hybridized carbons (Fsp3) is 0.400. The van der Waals surface area contributed by atoms with Gasteiger partial charge in [0.1, 0.15) is 5.69 Å². The normalized spacial score (nSPS) is 11.2. The van der Waals surface area contributed by atoms with E-state index in [4.69, 9.17) is 0 Å². The Kier molecular flexibility index (Phi) is 4.57. The Hall–Kier alpha value is -1.95. The number of carbonyl (C=O) groups is 1. The molecule has 0 aliphatic carbocycles. The molecule has 0 bridgehead atoms. The molecule has 2 N–H and O–H groups in total. The van der Waals surface area contributed by atoms with Crippen LogP contribution in [0.25, 0.3) is 0 Å². The second kappa shape index (κ2) is 6.22. The van der Waals surface area contributed by atoms with Crippen LogP contribution in [0.3, 0.4) is 0 Å². The van der Waals surface area contributed by atoms with E-state index < -0.39 is 0 Å². The molecule has 0 aliphatic heterocycles. The van der Waals surface area contributed by atoms with Gasteiger partial charge in [-0.1, -0.05) is 20.8 Å². The molecule has 0 radical (unpaired) electrons. The van der Waals surface area contributed by atoms with Gasteiger partial charge in [0.15, 0.2) is 5.13 Å². The van der Waals surface area contributed by atoms with E-state index in [0.29, 0.717) is 10.8 Å². The van der Waals surface area contributed by atoms with Crippen LogP contribution in [0.15, 0.2) is 23.7 Å². The molecule has 5 nitrogen and oxygen atoms in total. The van der Waals surface area contributed by atoms with Crippen molar-refractivity contribution in [1.82, 2.24) is 9.97 Å². The van der Waals surface area contributed by atoms with Gasteiger partial charge in [-0.25, -0.2) is 9.97 Å². The van der Waals surface area contributed by atoms with Crippen molar-refractivity contribution >= 4 is 28.1 Å². The highest BCUT2D eigenvalue weighted by Crippen LogP contribution is 2.26. The zero-order chi connectivity index (χ0) is 15.5. The summed E-state index contributed by atoms with van der Waals surface area (Å²) >= 11 is 1.43. The molecule has 0 unspecified atom stereocenters. The number of carbonyl (C=O) groups excluding carboxylic acids is 1. The van der Waals surface area contributed by atoms with Crippen molar-refractivity contribution in [2.75, 3.05) is 17.2 Å². The van der Waals surface area contributed by atoms with Gasteiger partial charge >= 0.3 is 0 Å². The van der Waals surface area contributed by atoms with Crippen LogP contribution < -0.4 is 10.6 Å². The standard InChI is InChI=1S/C15H20N4OS/c1-5-16-10-6-7-11(17-8-10)13(20)19-14-18-12(9-21-14)15(2,3)4/h6-9,16H,5H2,1-4H3,(H,18,19,20). The van der Waals surface area contributed by atoms with Gasteiger partial charge in [-0.3, -0.25) is 10.1 Å². The largest absolute Gasteiger partial charge is 0.384 e. The van der Waals surface area contributed by atoms with Crippen LogP contribution >= 0.6 is 11.3 Å². The zero-order valence-corrected chi connectivity index (χ0v) is 13.5. The third-order valence-electron chi connectivity index (χ3n) is 2.87. The molecule has 0 saturated heterocycles. The number of thiazole rings is 1. The summed E-state index contributed by atoms with van der Waals surface area (Å²) in [6.45, 7) is 9.11. The minimum absolute atomic E-state index is 0.0226. The summed E-state index contributed by atoms with van der Waals surface area (Å²) in [4.78, 5) is 20.7. The van der Waals surface area contributed by atoms with E-state index in [1.165, 1.54) is 11.3 Å². The van der Waals surface area contributed by atoms with Gasteiger partial charge in [-0.2, -0.15) is 0 Å². The Balaban J connectivity index is 2.05. The second-order valence-corrected chi connectivity index (χ2v) is 6.56. The lowest BCUT2D eigenvalue weighted by Crippen LogP contribution is -2.15. The van der Waals surface area contributed by atoms with Crippen LogP contribution in [0.1, 0.15) is 43.9 Å². The van der Waals surface area contributed by atoms with Gasteiger partial charge in [-0.15, -0.1) is 11.3 Å². The van der Waals surface area contributed by atoms with Gasteiger partial charge in [0.2, 0.25) is 0 Å². The quantitative estimate of drug-likeness (QED) is 0.907. The monoisotopic (exact) mass is 304 g/mol. The van der Waals surface area contributed by atoms with Gasteiger partial charge < -0.3 is 5.32 Å². The first-order chi connectivity index (χ1) is 9.90. The summed E-state index contributed by atoms with van der Waals surface area (Å²) in [5.41, 5.74) is 2.23. The highest BCUT2D eigenvalue weighted by molar-refractivity contribution is 7.14. The summed E-state index contributed by atoms with van der Waals surface area (Å²) < 4.78 is 0. The predicted molar refractivity (Wildman–Crippen MR) is 87.2 cm³/mol. The van der Waals surface area contributed by atoms with E-state index >= 15 is 0 Å². The smallest absolute Gasteiger partial charge is 0.276 e. The Bertz CT molecular complexity index is 613. The molecule has 0 aliphatic rings. The number of amides is 1. The van der Waals surface area contributed by atoms with Crippen molar-refractivity contribution in [1.29, 1.82) is 0 Å². The lowest BCUT2D eigenvalue weighted by atomic mass is 9.93. The highest BCUT2D eigenvalue weighted by Gasteiger charge is 2.18. The maximum absolute atomic E-state index is 12.1. The van der Waals surface area contributed by atoms with Crippen LogP contribution in [0.4, 0.5) is 10.8 Å². The van der Waals surface area contributed by atoms with Crippen molar-refractivity contribution in [2.24, 2.45) is 0 Å². The number of nitrogens with one attached hydrogen (secondary N) is 2. The molecule has 2 aromatic heterocycles. The van der Waals surface area contributed by atoms with Crippen LogP contribution in [0.2, 0.25) is 0 Å². The number of anilines is 2. The van der Waals surface area contributed by atoms with E-state index in [2.05, 4.69) is 41.4 Å². The van der Waals surface area contributed by atoms with E-state index in [1.54, 1.807) is 12.3 Å². The van der Waals surface area contributed by atoms with Crippen molar-refractivity contribution < 1.29 is 4.79 Å². The molecule has 6 heteroatoms. The molecule has 112 valence electrons. The Morgan fingerprint density at radius 3 is 2.62 bits per heavy atom.